The number of alkyl carbamates (subject to hydrolysis) is 2. The molecule has 0 fully saturated rings. The predicted octanol–water partition coefficient (Wildman–Crippen LogP) is 2.60. The molecule has 0 unspecified atom stereocenters. The van der Waals surface area contributed by atoms with E-state index >= 15 is 0 Å². The Hall–Kier alpha value is -3.04. The summed E-state index contributed by atoms with van der Waals surface area (Å²) in [6.07, 6.45) is -0.889. The lowest BCUT2D eigenvalue weighted by molar-refractivity contribution is 0.0491. The van der Waals surface area contributed by atoms with E-state index in [2.05, 4.69) is 30.7 Å². The molecular formula is C22H48N10O7. The fourth-order valence-electron chi connectivity index (χ4n) is 1.85. The van der Waals surface area contributed by atoms with E-state index in [1.807, 2.05) is 20.8 Å². The molecule has 0 heterocycles. The third kappa shape index (κ3) is 45.3. The number of hydrogen-bond donors (Lipinski definition) is 4. The third-order valence-electron chi connectivity index (χ3n) is 3.15. The van der Waals surface area contributed by atoms with Crippen molar-refractivity contribution in [3.05, 3.63) is 20.9 Å². The number of rotatable bonds is 16. The highest BCUT2D eigenvalue weighted by atomic mass is 16.6. The maximum absolute atomic E-state index is 11.1. The highest BCUT2D eigenvalue weighted by Crippen LogP contribution is 2.06. The van der Waals surface area contributed by atoms with Crippen LogP contribution in [0.1, 0.15) is 41.5 Å². The number of hydrogen-bond acceptors (Lipinski definition) is 11. The molecule has 0 radical (unpaired) electrons. The standard InChI is InChI=1S/C9H18N4O3.C9H20N2O3.C4H10N4O/c1-9(2,3)16-8(14)11-4-6-15-7-5-12-13-10;1-9(2,3)14-8(12)11-5-7-13-6-4-10;5-1-3-9-4-2-7-8-6/h4-7H2,1-3H3,(H,11,14);4-7,10H2,1-3H3,(H,11,12);1-5H2. The summed E-state index contributed by atoms with van der Waals surface area (Å²) in [4.78, 5) is 27.3. The summed E-state index contributed by atoms with van der Waals surface area (Å²) in [7, 11) is 0. The number of nitrogens with two attached hydrogens (primary N) is 2. The zero-order valence-electron chi connectivity index (χ0n) is 24.2. The second-order valence-electron chi connectivity index (χ2n) is 9.18. The van der Waals surface area contributed by atoms with E-state index in [9.17, 15) is 9.59 Å². The maximum atomic E-state index is 11.1. The van der Waals surface area contributed by atoms with Crippen molar-refractivity contribution in [1.82, 2.24) is 10.6 Å². The van der Waals surface area contributed by atoms with Gasteiger partial charge < -0.3 is 45.8 Å². The fourth-order valence-corrected chi connectivity index (χ4v) is 1.85. The molecule has 228 valence electrons. The van der Waals surface area contributed by atoms with Crippen molar-refractivity contribution in [1.29, 1.82) is 0 Å². The van der Waals surface area contributed by atoms with Crippen LogP contribution in [-0.2, 0) is 23.7 Å². The van der Waals surface area contributed by atoms with E-state index in [-0.39, 0.29) is 0 Å². The Bertz CT molecular complexity index is 702. The Morgan fingerprint density at radius 3 is 1.31 bits per heavy atom. The lowest BCUT2D eigenvalue weighted by Crippen LogP contribution is -2.34. The van der Waals surface area contributed by atoms with Crippen LogP contribution in [0.15, 0.2) is 10.2 Å². The Morgan fingerprint density at radius 1 is 0.667 bits per heavy atom. The van der Waals surface area contributed by atoms with Gasteiger partial charge in [-0.3, -0.25) is 0 Å². The van der Waals surface area contributed by atoms with Gasteiger partial charge in [0, 0.05) is 49.1 Å². The van der Waals surface area contributed by atoms with Crippen LogP contribution in [0.25, 0.3) is 20.9 Å². The van der Waals surface area contributed by atoms with Gasteiger partial charge in [-0.2, -0.15) is 0 Å². The van der Waals surface area contributed by atoms with E-state index < -0.39 is 23.4 Å². The van der Waals surface area contributed by atoms with Gasteiger partial charge in [-0.05, 0) is 52.6 Å². The molecule has 0 aromatic rings. The van der Waals surface area contributed by atoms with Gasteiger partial charge in [0.15, 0.2) is 0 Å². The molecule has 0 aliphatic carbocycles. The third-order valence-corrected chi connectivity index (χ3v) is 3.15. The molecule has 0 aromatic heterocycles. The second-order valence-corrected chi connectivity index (χ2v) is 9.18. The number of azide groups is 2. The molecule has 0 rings (SSSR count). The summed E-state index contributed by atoms with van der Waals surface area (Å²) in [5, 5.41) is 11.7. The molecule has 2 amide bonds. The SMILES string of the molecule is CC(C)(C)OC(=O)NCCOCCN.CC(C)(C)OC(=O)NCCOCCN=[N+]=[N-].[N-]=[N+]=NCCOCCN. The smallest absolute Gasteiger partial charge is 0.407 e. The number of carbonyl (C=O) groups excluding carboxylic acids is 2. The first-order valence-electron chi connectivity index (χ1n) is 12.4. The average molecular weight is 565 g/mol. The monoisotopic (exact) mass is 564 g/mol. The molecule has 0 saturated carbocycles. The summed E-state index contributed by atoms with van der Waals surface area (Å²) in [6, 6.07) is 0. The van der Waals surface area contributed by atoms with E-state index in [1.54, 1.807) is 20.8 Å². The molecule has 0 aliphatic rings. The van der Waals surface area contributed by atoms with Gasteiger partial charge in [0.05, 0.1) is 39.6 Å². The van der Waals surface area contributed by atoms with Gasteiger partial charge in [-0.1, -0.05) is 10.2 Å². The minimum Gasteiger partial charge on any atom is -0.444 e. The maximum Gasteiger partial charge on any atom is 0.407 e. The van der Waals surface area contributed by atoms with Gasteiger partial charge in [0.1, 0.15) is 11.2 Å². The zero-order chi connectivity index (χ0) is 30.4. The molecule has 0 aromatic carbocycles. The van der Waals surface area contributed by atoms with E-state index in [4.69, 9.17) is 46.2 Å². The van der Waals surface area contributed by atoms with Crippen LogP contribution in [0.4, 0.5) is 9.59 Å². The summed E-state index contributed by atoms with van der Waals surface area (Å²) >= 11 is 0. The Labute approximate surface area is 230 Å². The predicted molar refractivity (Wildman–Crippen MR) is 147 cm³/mol. The Balaban J connectivity index is -0.000000518. The average Bonchev–Trinajstić information content (AvgIpc) is 2.82. The zero-order valence-corrected chi connectivity index (χ0v) is 24.2. The normalized spacial score (nSPS) is 10.3. The van der Waals surface area contributed by atoms with Crippen LogP contribution in [0.2, 0.25) is 0 Å². The first-order valence-corrected chi connectivity index (χ1v) is 12.4. The van der Waals surface area contributed by atoms with Crippen LogP contribution in [0.3, 0.4) is 0 Å². The Morgan fingerprint density at radius 2 is 1.00 bits per heavy atom. The highest BCUT2D eigenvalue weighted by molar-refractivity contribution is 5.67. The van der Waals surface area contributed by atoms with Crippen molar-refractivity contribution in [3.63, 3.8) is 0 Å². The summed E-state index contributed by atoms with van der Waals surface area (Å²) < 4.78 is 25.1. The van der Waals surface area contributed by atoms with Gasteiger partial charge in [0.25, 0.3) is 0 Å². The van der Waals surface area contributed by atoms with Gasteiger partial charge in [0.2, 0.25) is 0 Å². The molecular weight excluding hydrogens is 516 g/mol. The lowest BCUT2D eigenvalue weighted by Gasteiger charge is -2.19. The highest BCUT2D eigenvalue weighted by Gasteiger charge is 2.16. The molecule has 17 heteroatoms. The van der Waals surface area contributed by atoms with Crippen molar-refractivity contribution in [2.45, 2.75) is 52.7 Å². The molecule has 0 saturated heterocycles. The van der Waals surface area contributed by atoms with Crippen molar-refractivity contribution >= 4 is 12.2 Å². The van der Waals surface area contributed by atoms with E-state index in [0.717, 1.165) is 0 Å². The van der Waals surface area contributed by atoms with Gasteiger partial charge >= 0.3 is 12.2 Å². The second kappa shape index (κ2) is 28.0. The summed E-state index contributed by atoms with van der Waals surface area (Å²) in [5.74, 6) is 0. The van der Waals surface area contributed by atoms with E-state index in [1.165, 1.54) is 0 Å². The molecule has 0 aliphatic heterocycles. The first kappa shape index (κ1) is 40.5. The van der Waals surface area contributed by atoms with Crippen molar-refractivity contribution in [2.75, 3.05) is 78.9 Å². The van der Waals surface area contributed by atoms with Crippen LogP contribution in [0, 0.1) is 0 Å². The minimum atomic E-state index is -0.494. The van der Waals surface area contributed by atoms with Crippen molar-refractivity contribution in [2.24, 2.45) is 21.7 Å². The number of ether oxygens (including phenoxy) is 5. The van der Waals surface area contributed by atoms with E-state index in [0.29, 0.717) is 78.9 Å². The van der Waals surface area contributed by atoms with Crippen molar-refractivity contribution < 1.29 is 33.3 Å². The van der Waals surface area contributed by atoms with Crippen LogP contribution >= 0.6 is 0 Å². The van der Waals surface area contributed by atoms with Gasteiger partial charge in [-0.15, -0.1) is 0 Å². The number of amides is 2. The number of carbonyl (C=O) groups is 2. The van der Waals surface area contributed by atoms with Gasteiger partial charge in [-0.25, -0.2) is 9.59 Å². The minimum absolute atomic E-state index is 0.295. The Kier molecular flexibility index (Phi) is 29.0. The molecule has 0 spiro atoms. The number of nitrogens with zero attached hydrogens (tertiary/aromatic N) is 6. The first-order chi connectivity index (χ1) is 18.3. The van der Waals surface area contributed by atoms with Crippen molar-refractivity contribution in [3.8, 4) is 0 Å². The molecule has 6 N–H and O–H groups in total. The van der Waals surface area contributed by atoms with Crippen LogP contribution in [-0.4, -0.2) is 102 Å². The summed E-state index contributed by atoms with van der Waals surface area (Å²) in [5.41, 5.74) is 25.2. The quantitative estimate of drug-likeness (QED) is 0.0928. The fraction of sp³-hybridized carbons (Fsp3) is 0.909. The molecule has 39 heavy (non-hydrogen) atoms. The topological polar surface area (TPSA) is 254 Å². The molecule has 0 atom stereocenters. The van der Waals surface area contributed by atoms with Crippen LogP contribution < -0.4 is 22.1 Å². The van der Waals surface area contributed by atoms with Crippen LogP contribution in [0.5, 0.6) is 0 Å². The largest absolute Gasteiger partial charge is 0.444 e. The molecule has 0 bridgehead atoms. The lowest BCUT2D eigenvalue weighted by atomic mass is 10.2. The number of nitrogens with one attached hydrogen (secondary N) is 2. The molecule has 17 nitrogen and oxygen atoms in total. The summed E-state index contributed by atoms with van der Waals surface area (Å²) in [6.45, 7) is 16.0.